The van der Waals surface area contributed by atoms with Crippen molar-refractivity contribution in [2.45, 2.75) is 0 Å². The van der Waals surface area contributed by atoms with Crippen molar-refractivity contribution >= 4 is 16.8 Å². The molecule has 0 unspecified atom stereocenters. The van der Waals surface area contributed by atoms with Gasteiger partial charge in [0, 0.05) is 26.4 Å². The van der Waals surface area contributed by atoms with Crippen LogP contribution in [0.4, 0.5) is 0 Å². The Labute approximate surface area is 117 Å². The van der Waals surface area contributed by atoms with E-state index in [0.29, 0.717) is 5.82 Å². The summed E-state index contributed by atoms with van der Waals surface area (Å²) in [5, 5.41) is 14.2. The van der Waals surface area contributed by atoms with Crippen molar-refractivity contribution in [2.75, 3.05) is 14.1 Å². The maximum atomic E-state index is 4.06. The van der Waals surface area contributed by atoms with Gasteiger partial charge in [-0.15, -0.1) is 5.10 Å². The van der Waals surface area contributed by atoms with E-state index in [1.807, 2.05) is 49.5 Å². The average molecular weight is 265 g/mol. The van der Waals surface area contributed by atoms with Crippen molar-refractivity contribution in [1.82, 2.24) is 25.1 Å². The van der Waals surface area contributed by atoms with Gasteiger partial charge < -0.3 is 4.90 Å². The molecule has 20 heavy (non-hydrogen) atoms. The lowest BCUT2D eigenvalue weighted by Crippen LogP contribution is -2.03. The molecule has 2 aromatic carbocycles. The second-order valence-corrected chi connectivity index (χ2v) is 4.76. The molecule has 5 nitrogen and oxygen atoms in total. The first-order chi connectivity index (χ1) is 9.74. The molecule has 1 aromatic heterocycles. The van der Waals surface area contributed by atoms with Crippen LogP contribution in [0.2, 0.25) is 0 Å². The van der Waals surface area contributed by atoms with Crippen molar-refractivity contribution in [2.24, 2.45) is 0 Å². The molecular weight excluding hydrogens is 250 g/mol. The van der Waals surface area contributed by atoms with E-state index in [4.69, 9.17) is 0 Å². The van der Waals surface area contributed by atoms with Crippen LogP contribution in [0.3, 0.4) is 0 Å². The molecule has 0 radical (unpaired) electrons. The van der Waals surface area contributed by atoms with Gasteiger partial charge in [0.25, 0.3) is 0 Å². The summed E-state index contributed by atoms with van der Waals surface area (Å²) in [6, 6.07) is 14.4. The molecular formula is C15H15N5. The van der Waals surface area contributed by atoms with E-state index in [1.54, 1.807) is 4.68 Å². The number of nitrogens with zero attached hydrogens (tertiary/aromatic N) is 5. The van der Waals surface area contributed by atoms with Crippen LogP contribution in [0.5, 0.6) is 0 Å². The SMILES string of the molecule is CN(C)/C=C/c1nnnn1-c1ccc2ccccc2c1. The Bertz CT molecular complexity index is 758. The van der Waals surface area contributed by atoms with Crippen molar-refractivity contribution in [1.29, 1.82) is 0 Å². The molecule has 3 aromatic rings. The summed E-state index contributed by atoms with van der Waals surface area (Å²) < 4.78 is 1.73. The summed E-state index contributed by atoms with van der Waals surface area (Å²) >= 11 is 0. The van der Waals surface area contributed by atoms with Crippen LogP contribution < -0.4 is 0 Å². The second kappa shape index (κ2) is 5.13. The first-order valence-corrected chi connectivity index (χ1v) is 6.36. The summed E-state index contributed by atoms with van der Waals surface area (Å²) in [6.45, 7) is 0. The summed E-state index contributed by atoms with van der Waals surface area (Å²) in [6.07, 6.45) is 3.80. The molecule has 0 saturated carbocycles. The van der Waals surface area contributed by atoms with E-state index in [-0.39, 0.29) is 0 Å². The third-order valence-corrected chi connectivity index (χ3v) is 2.99. The predicted octanol–water partition coefficient (Wildman–Crippen LogP) is 2.35. The smallest absolute Gasteiger partial charge is 0.181 e. The molecule has 0 spiro atoms. The lowest BCUT2D eigenvalue weighted by Gasteiger charge is -2.05. The minimum Gasteiger partial charge on any atom is -0.383 e. The van der Waals surface area contributed by atoms with E-state index in [0.717, 1.165) is 5.69 Å². The molecule has 0 bridgehead atoms. The number of rotatable bonds is 3. The van der Waals surface area contributed by atoms with Crippen LogP contribution in [0.15, 0.2) is 48.7 Å². The molecule has 0 aliphatic rings. The Morgan fingerprint density at radius 3 is 2.65 bits per heavy atom. The van der Waals surface area contributed by atoms with E-state index in [1.165, 1.54) is 10.8 Å². The molecule has 0 amide bonds. The standard InChI is InChI=1S/C15H15N5/c1-19(2)10-9-15-16-17-18-20(15)14-8-7-12-5-3-4-6-13(12)11-14/h3-11H,1-2H3/b10-9+. The number of tetrazole rings is 1. The van der Waals surface area contributed by atoms with Crippen molar-refractivity contribution in [3.63, 3.8) is 0 Å². The molecule has 0 fully saturated rings. The third kappa shape index (κ3) is 2.38. The molecule has 0 aliphatic heterocycles. The maximum absolute atomic E-state index is 4.06. The van der Waals surface area contributed by atoms with Gasteiger partial charge in [0.1, 0.15) is 0 Å². The number of hydrogen-bond acceptors (Lipinski definition) is 4. The zero-order valence-corrected chi connectivity index (χ0v) is 11.4. The van der Waals surface area contributed by atoms with Gasteiger partial charge >= 0.3 is 0 Å². The number of fused-ring (bicyclic) bond motifs is 1. The van der Waals surface area contributed by atoms with E-state index in [9.17, 15) is 0 Å². The van der Waals surface area contributed by atoms with Gasteiger partial charge in [-0.05, 0) is 33.3 Å². The molecule has 0 saturated heterocycles. The van der Waals surface area contributed by atoms with Gasteiger partial charge in [-0.1, -0.05) is 30.3 Å². The largest absolute Gasteiger partial charge is 0.383 e. The highest BCUT2D eigenvalue weighted by atomic mass is 15.5. The number of benzene rings is 2. The summed E-state index contributed by atoms with van der Waals surface area (Å²) in [5.41, 5.74) is 0.951. The average Bonchev–Trinajstić information content (AvgIpc) is 2.93. The zero-order chi connectivity index (χ0) is 13.9. The summed E-state index contributed by atoms with van der Waals surface area (Å²) in [4.78, 5) is 1.94. The quantitative estimate of drug-likeness (QED) is 0.729. The zero-order valence-electron chi connectivity index (χ0n) is 11.4. The van der Waals surface area contributed by atoms with Gasteiger partial charge in [0.05, 0.1) is 5.69 Å². The predicted molar refractivity (Wildman–Crippen MR) is 79.4 cm³/mol. The van der Waals surface area contributed by atoms with Crippen molar-refractivity contribution in [3.8, 4) is 5.69 Å². The maximum Gasteiger partial charge on any atom is 0.181 e. The summed E-state index contributed by atoms with van der Waals surface area (Å²) in [5.74, 6) is 0.703. The minimum atomic E-state index is 0.703. The Morgan fingerprint density at radius 1 is 1.05 bits per heavy atom. The van der Waals surface area contributed by atoms with E-state index in [2.05, 4.69) is 39.8 Å². The minimum absolute atomic E-state index is 0.703. The van der Waals surface area contributed by atoms with Crippen LogP contribution in [-0.2, 0) is 0 Å². The van der Waals surface area contributed by atoms with E-state index >= 15 is 0 Å². The van der Waals surface area contributed by atoms with Crippen molar-refractivity contribution < 1.29 is 0 Å². The topological polar surface area (TPSA) is 46.8 Å². The van der Waals surface area contributed by atoms with Gasteiger partial charge in [0.15, 0.2) is 5.82 Å². The molecule has 3 rings (SSSR count). The van der Waals surface area contributed by atoms with Gasteiger partial charge in [-0.3, -0.25) is 0 Å². The fourth-order valence-corrected chi connectivity index (χ4v) is 2.01. The molecule has 5 heteroatoms. The molecule has 0 aliphatic carbocycles. The molecule has 100 valence electrons. The Morgan fingerprint density at radius 2 is 1.85 bits per heavy atom. The van der Waals surface area contributed by atoms with Crippen LogP contribution in [-0.4, -0.2) is 39.2 Å². The van der Waals surface area contributed by atoms with Gasteiger partial charge in [-0.2, -0.15) is 4.68 Å². The highest BCUT2D eigenvalue weighted by molar-refractivity contribution is 5.84. The second-order valence-electron chi connectivity index (χ2n) is 4.76. The Kier molecular flexibility index (Phi) is 3.16. The molecule has 0 N–H and O–H groups in total. The first-order valence-electron chi connectivity index (χ1n) is 6.36. The van der Waals surface area contributed by atoms with Crippen molar-refractivity contribution in [3.05, 3.63) is 54.5 Å². The first kappa shape index (κ1) is 12.3. The van der Waals surface area contributed by atoms with Gasteiger partial charge in [-0.25, -0.2) is 0 Å². The fraction of sp³-hybridized carbons (Fsp3) is 0.133. The third-order valence-electron chi connectivity index (χ3n) is 2.99. The fourth-order valence-electron chi connectivity index (χ4n) is 2.01. The Hall–Kier alpha value is -2.69. The van der Waals surface area contributed by atoms with E-state index < -0.39 is 0 Å². The van der Waals surface area contributed by atoms with Crippen LogP contribution >= 0.6 is 0 Å². The summed E-state index contributed by atoms with van der Waals surface area (Å²) in [7, 11) is 3.92. The Balaban J connectivity index is 2.05. The van der Waals surface area contributed by atoms with Crippen LogP contribution in [0, 0.1) is 0 Å². The highest BCUT2D eigenvalue weighted by Crippen LogP contribution is 2.18. The number of aromatic nitrogens is 4. The van der Waals surface area contributed by atoms with Crippen LogP contribution in [0.25, 0.3) is 22.5 Å². The van der Waals surface area contributed by atoms with Crippen LogP contribution in [0.1, 0.15) is 5.82 Å². The molecule has 1 heterocycles. The number of hydrogen-bond donors (Lipinski definition) is 0. The normalized spacial score (nSPS) is 11.3. The lowest BCUT2D eigenvalue weighted by atomic mass is 10.1. The monoisotopic (exact) mass is 265 g/mol. The highest BCUT2D eigenvalue weighted by Gasteiger charge is 2.06. The molecule has 0 atom stereocenters. The lowest BCUT2D eigenvalue weighted by molar-refractivity contribution is 0.567. The van der Waals surface area contributed by atoms with Gasteiger partial charge in [0.2, 0.25) is 0 Å².